The molecule has 0 aromatic heterocycles. The Hall–Kier alpha value is -1.74. The minimum atomic E-state index is 1.02. The Morgan fingerprint density at radius 2 is 1.58 bits per heavy atom. The summed E-state index contributed by atoms with van der Waals surface area (Å²) in [6.45, 7) is 8.60. The standard InChI is InChI=1S/C21H32N3/c1-6-24(7-2)19-14-12-18(13-15-19)20-10-8-9-11-21(20)23(5)17-16-22(3)4/h8,10-15H,6-7,9,16-17H2,1-5H3. The fraction of sp³-hybridized carbons (Fsp3) is 0.476. The Morgan fingerprint density at radius 3 is 2.17 bits per heavy atom. The predicted molar refractivity (Wildman–Crippen MR) is 106 cm³/mol. The first-order chi connectivity index (χ1) is 11.6. The zero-order valence-corrected chi connectivity index (χ0v) is 15.9. The lowest BCUT2D eigenvalue weighted by atomic mass is 9.95. The first-order valence-corrected chi connectivity index (χ1v) is 9.02. The van der Waals surface area contributed by atoms with Gasteiger partial charge < -0.3 is 14.7 Å². The van der Waals surface area contributed by atoms with Gasteiger partial charge in [0.2, 0.25) is 0 Å². The quantitative estimate of drug-likeness (QED) is 0.717. The van der Waals surface area contributed by atoms with Crippen LogP contribution >= 0.6 is 0 Å². The third-order valence-corrected chi connectivity index (χ3v) is 4.61. The van der Waals surface area contributed by atoms with Crippen LogP contribution in [-0.2, 0) is 0 Å². The third-order valence-electron chi connectivity index (χ3n) is 4.61. The van der Waals surface area contributed by atoms with E-state index in [4.69, 9.17) is 0 Å². The van der Waals surface area contributed by atoms with Gasteiger partial charge in [0.05, 0.1) is 0 Å². The van der Waals surface area contributed by atoms with Crippen LogP contribution in [0.5, 0.6) is 0 Å². The van der Waals surface area contributed by atoms with Crippen molar-refractivity contribution in [2.24, 2.45) is 0 Å². The summed E-state index contributed by atoms with van der Waals surface area (Å²) >= 11 is 0. The van der Waals surface area contributed by atoms with Crippen molar-refractivity contribution in [1.82, 2.24) is 9.80 Å². The first kappa shape index (κ1) is 18.6. The molecule has 0 saturated heterocycles. The second-order valence-corrected chi connectivity index (χ2v) is 6.59. The van der Waals surface area contributed by atoms with Crippen LogP contribution in [-0.4, -0.2) is 57.1 Å². The van der Waals surface area contributed by atoms with Gasteiger partial charge in [0, 0.05) is 50.2 Å². The zero-order valence-electron chi connectivity index (χ0n) is 15.9. The highest BCUT2D eigenvalue weighted by molar-refractivity contribution is 5.81. The second-order valence-electron chi connectivity index (χ2n) is 6.59. The smallest absolute Gasteiger partial charge is 0.0400 e. The molecule has 3 heteroatoms. The number of rotatable bonds is 8. The van der Waals surface area contributed by atoms with Crippen molar-refractivity contribution in [3.8, 4) is 0 Å². The van der Waals surface area contributed by atoms with Gasteiger partial charge in [-0.3, -0.25) is 0 Å². The summed E-state index contributed by atoms with van der Waals surface area (Å²) in [5.74, 6) is 0. The van der Waals surface area contributed by atoms with Gasteiger partial charge in [-0.05, 0) is 58.5 Å². The number of anilines is 1. The van der Waals surface area contributed by atoms with Crippen molar-refractivity contribution in [2.45, 2.75) is 20.3 Å². The van der Waals surface area contributed by atoms with E-state index in [2.05, 4.69) is 92.5 Å². The molecule has 0 fully saturated rings. The van der Waals surface area contributed by atoms with Crippen molar-refractivity contribution >= 4 is 11.3 Å². The molecule has 1 aromatic rings. The minimum absolute atomic E-state index is 1.02. The summed E-state index contributed by atoms with van der Waals surface area (Å²) in [6.07, 6.45) is 7.87. The molecule has 0 spiro atoms. The van der Waals surface area contributed by atoms with E-state index < -0.39 is 0 Å². The SMILES string of the molecule is CCN(CC)c1ccc(C2=C[CH]CC=C2N(C)CCN(C)C)cc1. The number of hydrogen-bond donors (Lipinski definition) is 0. The molecule has 24 heavy (non-hydrogen) atoms. The summed E-state index contributed by atoms with van der Waals surface area (Å²) in [5, 5.41) is 0. The van der Waals surface area contributed by atoms with E-state index in [9.17, 15) is 0 Å². The fourth-order valence-electron chi connectivity index (χ4n) is 3.08. The maximum atomic E-state index is 2.38. The first-order valence-electron chi connectivity index (χ1n) is 9.02. The Morgan fingerprint density at radius 1 is 0.917 bits per heavy atom. The lowest BCUT2D eigenvalue weighted by molar-refractivity contribution is 0.331. The van der Waals surface area contributed by atoms with E-state index in [0.717, 1.165) is 32.6 Å². The van der Waals surface area contributed by atoms with E-state index in [1.54, 1.807) is 0 Å². The highest BCUT2D eigenvalue weighted by Crippen LogP contribution is 2.30. The average molecular weight is 327 g/mol. The molecule has 1 radical (unpaired) electrons. The van der Waals surface area contributed by atoms with E-state index in [-0.39, 0.29) is 0 Å². The van der Waals surface area contributed by atoms with Gasteiger partial charge in [-0.25, -0.2) is 0 Å². The topological polar surface area (TPSA) is 9.72 Å². The molecular formula is C21H32N3. The third kappa shape index (κ3) is 4.64. The van der Waals surface area contributed by atoms with Crippen molar-refractivity contribution in [2.75, 3.05) is 52.2 Å². The molecule has 0 aliphatic heterocycles. The van der Waals surface area contributed by atoms with Crippen molar-refractivity contribution in [3.63, 3.8) is 0 Å². The van der Waals surface area contributed by atoms with Gasteiger partial charge in [-0.2, -0.15) is 0 Å². The largest absolute Gasteiger partial charge is 0.373 e. The van der Waals surface area contributed by atoms with Crippen LogP contribution in [0.25, 0.3) is 5.57 Å². The minimum Gasteiger partial charge on any atom is -0.373 e. The monoisotopic (exact) mass is 326 g/mol. The number of nitrogens with zero attached hydrogens (tertiary/aromatic N) is 3. The van der Waals surface area contributed by atoms with E-state index in [1.165, 1.54) is 22.5 Å². The zero-order chi connectivity index (χ0) is 17.5. The number of hydrogen-bond acceptors (Lipinski definition) is 3. The van der Waals surface area contributed by atoms with Gasteiger partial charge in [-0.15, -0.1) is 0 Å². The van der Waals surface area contributed by atoms with Gasteiger partial charge in [0.25, 0.3) is 0 Å². The summed E-state index contributed by atoms with van der Waals surface area (Å²) in [7, 11) is 6.44. The van der Waals surface area contributed by atoms with E-state index in [0.29, 0.717) is 0 Å². The van der Waals surface area contributed by atoms with Gasteiger partial charge in [0.1, 0.15) is 0 Å². The van der Waals surface area contributed by atoms with E-state index >= 15 is 0 Å². The molecule has 0 amide bonds. The molecule has 1 aliphatic carbocycles. The molecule has 2 rings (SSSR count). The van der Waals surface area contributed by atoms with Gasteiger partial charge in [-0.1, -0.05) is 24.3 Å². The molecule has 0 N–H and O–H groups in total. The Balaban J connectivity index is 2.16. The molecule has 0 atom stereocenters. The lowest BCUT2D eigenvalue weighted by Gasteiger charge is -2.28. The predicted octanol–water partition coefficient (Wildman–Crippen LogP) is 3.90. The molecule has 131 valence electrons. The van der Waals surface area contributed by atoms with Crippen LogP contribution in [0.3, 0.4) is 0 Å². The Bertz CT molecular complexity index is 565. The maximum Gasteiger partial charge on any atom is 0.0400 e. The Labute approximate surface area is 148 Å². The molecule has 3 nitrogen and oxygen atoms in total. The lowest BCUT2D eigenvalue weighted by Crippen LogP contribution is -2.29. The number of allylic oxidation sites excluding steroid dienone is 3. The fourth-order valence-corrected chi connectivity index (χ4v) is 3.08. The van der Waals surface area contributed by atoms with E-state index in [1.807, 2.05) is 0 Å². The molecule has 1 aromatic carbocycles. The van der Waals surface area contributed by atoms with Crippen LogP contribution in [0.4, 0.5) is 5.69 Å². The molecule has 0 bridgehead atoms. The molecule has 0 saturated carbocycles. The molecule has 1 aliphatic rings. The van der Waals surface area contributed by atoms with Crippen molar-refractivity contribution < 1.29 is 0 Å². The van der Waals surface area contributed by atoms with Crippen LogP contribution in [0.2, 0.25) is 0 Å². The summed E-state index contributed by atoms with van der Waals surface area (Å²) in [6, 6.07) is 9.00. The van der Waals surface area contributed by atoms with Gasteiger partial charge >= 0.3 is 0 Å². The number of benzene rings is 1. The van der Waals surface area contributed by atoms with Crippen molar-refractivity contribution in [1.29, 1.82) is 0 Å². The summed E-state index contributed by atoms with van der Waals surface area (Å²) in [4.78, 5) is 6.98. The highest BCUT2D eigenvalue weighted by Gasteiger charge is 2.15. The highest BCUT2D eigenvalue weighted by atomic mass is 15.2. The van der Waals surface area contributed by atoms with Crippen LogP contribution in [0.15, 0.2) is 42.1 Å². The maximum absolute atomic E-state index is 2.38. The second kappa shape index (κ2) is 8.93. The van der Waals surface area contributed by atoms with Crippen LogP contribution < -0.4 is 4.90 Å². The van der Waals surface area contributed by atoms with Crippen LogP contribution in [0, 0.1) is 6.42 Å². The number of likely N-dealkylation sites (N-methyl/N-ethyl adjacent to an activating group) is 2. The molecule has 0 unspecified atom stereocenters. The summed E-state index contributed by atoms with van der Waals surface area (Å²) < 4.78 is 0. The molecular weight excluding hydrogens is 294 g/mol. The van der Waals surface area contributed by atoms with Crippen molar-refractivity contribution in [3.05, 3.63) is 54.1 Å². The summed E-state index contributed by atoms with van der Waals surface area (Å²) in [5.41, 5.74) is 5.27. The Kier molecular flexibility index (Phi) is 6.92. The van der Waals surface area contributed by atoms with Gasteiger partial charge in [0.15, 0.2) is 0 Å². The average Bonchev–Trinajstić information content (AvgIpc) is 2.61. The molecule has 0 heterocycles. The van der Waals surface area contributed by atoms with Crippen LogP contribution in [0.1, 0.15) is 25.8 Å². The normalized spacial score (nSPS) is 14.4.